The molecule has 2 rings (SSSR count). The van der Waals surface area contributed by atoms with Gasteiger partial charge in [-0.15, -0.1) is 0 Å². The van der Waals surface area contributed by atoms with Crippen LogP contribution < -0.4 is 0 Å². The Morgan fingerprint density at radius 3 is 2.13 bits per heavy atom. The van der Waals surface area contributed by atoms with E-state index in [1.165, 1.54) is 58.2 Å². The van der Waals surface area contributed by atoms with Crippen molar-refractivity contribution in [3.8, 4) is 0 Å². The summed E-state index contributed by atoms with van der Waals surface area (Å²) in [5.74, 6) is 0.956. The molecule has 2 fully saturated rings. The Bertz CT molecular complexity index is 177. The topological polar surface area (TPSA) is 6.48 Å². The monoisotopic (exact) mass is 210 g/mol. The summed E-state index contributed by atoms with van der Waals surface area (Å²) in [5.41, 5.74) is 0. The second kappa shape index (κ2) is 5.31. The fourth-order valence-electron chi connectivity index (χ4n) is 3.29. The van der Waals surface area contributed by atoms with Gasteiger partial charge in [0.25, 0.3) is 0 Å². The lowest BCUT2D eigenvalue weighted by atomic mass is 9.95. The van der Waals surface area contributed by atoms with Crippen molar-refractivity contribution >= 4 is 0 Å². The molecule has 2 heteroatoms. The first-order valence-corrected chi connectivity index (χ1v) is 6.64. The zero-order valence-electron chi connectivity index (χ0n) is 10.4. The Balaban J connectivity index is 1.71. The van der Waals surface area contributed by atoms with Gasteiger partial charge in [0.15, 0.2) is 0 Å². The average Bonchev–Trinajstić information content (AvgIpc) is 2.71. The summed E-state index contributed by atoms with van der Waals surface area (Å²) in [6, 6.07) is 0.949. The molecule has 0 unspecified atom stereocenters. The van der Waals surface area contributed by atoms with E-state index in [0.717, 1.165) is 12.0 Å². The Morgan fingerprint density at radius 2 is 1.60 bits per heavy atom. The maximum Gasteiger partial charge on any atom is 0.00952 e. The van der Waals surface area contributed by atoms with Crippen LogP contribution in [0.4, 0.5) is 0 Å². The number of rotatable bonds is 3. The van der Waals surface area contributed by atoms with E-state index < -0.39 is 0 Å². The van der Waals surface area contributed by atoms with Gasteiger partial charge in [-0.25, -0.2) is 0 Å². The van der Waals surface area contributed by atoms with Crippen molar-refractivity contribution in [2.75, 3.05) is 33.7 Å². The van der Waals surface area contributed by atoms with Crippen LogP contribution in [0.1, 0.15) is 38.5 Å². The second-order valence-corrected chi connectivity index (χ2v) is 5.68. The molecule has 1 saturated heterocycles. The molecule has 2 nitrogen and oxygen atoms in total. The van der Waals surface area contributed by atoms with E-state index in [2.05, 4.69) is 23.9 Å². The molecular formula is C13H26N2. The maximum atomic E-state index is 2.76. The van der Waals surface area contributed by atoms with E-state index in [1.54, 1.807) is 0 Å². The molecule has 0 bridgehead atoms. The fraction of sp³-hybridized carbons (Fsp3) is 1.00. The van der Waals surface area contributed by atoms with Gasteiger partial charge in [-0.3, -0.25) is 0 Å². The van der Waals surface area contributed by atoms with Crippen molar-refractivity contribution in [3.05, 3.63) is 0 Å². The van der Waals surface area contributed by atoms with E-state index in [0.29, 0.717) is 0 Å². The minimum absolute atomic E-state index is 0.949. The van der Waals surface area contributed by atoms with Crippen LogP contribution in [-0.2, 0) is 0 Å². The largest absolute Gasteiger partial charge is 0.309 e. The van der Waals surface area contributed by atoms with E-state index in [1.807, 2.05) is 0 Å². The number of likely N-dealkylation sites (tertiary alicyclic amines) is 1. The van der Waals surface area contributed by atoms with E-state index in [9.17, 15) is 0 Å². The summed E-state index contributed by atoms with van der Waals surface area (Å²) in [4.78, 5) is 5.11. The van der Waals surface area contributed by atoms with Gasteiger partial charge in [-0.2, -0.15) is 0 Å². The van der Waals surface area contributed by atoms with Gasteiger partial charge in [0.05, 0.1) is 0 Å². The first-order chi connectivity index (χ1) is 7.25. The molecule has 0 aromatic carbocycles. The number of hydrogen-bond acceptors (Lipinski definition) is 2. The standard InChI is InChI=1S/C13H26N2/c1-14(2)11-12-7-9-15(10-8-12)13-5-3-4-6-13/h12-13H,3-11H2,1-2H3. The molecule has 88 valence electrons. The van der Waals surface area contributed by atoms with Crippen molar-refractivity contribution in [1.82, 2.24) is 9.80 Å². The molecule has 2 aliphatic rings. The smallest absolute Gasteiger partial charge is 0.00952 e. The van der Waals surface area contributed by atoms with Gasteiger partial charge in [0.1, 0.15) is 0 Å². The first-order valence-electron chi connectivity index (χ1n) is 6.64. The van der Waals surface area contributed by atoms with E-state index in [4.69, 9.17) is 0 Å². The van der Waals surface area contributed by atoms with E-state index >= 15 is 0 Å². The van der Waals surface area contributed by atoms with Gasteiger partial charge >= 0.3 is 0 Å². The Morgan fingerprint density at radius 1 is 1.00 bits per heavy atom. The maximum absolute atomic E-state index is 2.76. The van der Waals surface area contributed by atoms with Crippen LogP contribution in [0.15, 0.2) is 0 Å². The summed E-state index contributed by atoms with van der Waals surface area (Å²) >= 11 is 0. The highest BCUT2D eigenvalue weighted by atomic mass is 15.2. The highest BCUT2D eigenvalue weighted by Gasteiger charge is 2.26. The van der Waals surface area contributed by atoms with Gasteiger partial charge in [0, 0.05) is 12.6 Å². The Labute approximate surface area is 94.6 Å². The van der Waals surface area contributed by atoms with Gasteiger partial charge in [-0.05, 0) is 58.8 Å². The quantitative estimate of drug-likeness (QED) is 0.704. The van der Waals surface area contributed by atoms with Crippen molar-refractivity contribution in [2.24, 2.45) is 5.92 Å². The van der Waals surface area contributed by atoms with Crippen molar-refractivity contribution in [2.45, 2.75) is 44.6 Å². The molecule has 0 aromatic heterocycles. The highest BCUT2D eigenvalue weighted by Crippen LogP contribution is 2.27. The zero-order valence-corrected chi connectivity index (χ0v) is 10.4. The lowest BCUT2D eigenvalue weighted by Crippen LogP contribution is -2.41. The van der Waals surface area contributed by atoms with Crippen LogP contribution in [0.3, 0.4) is 0 Å². The molecule has 1 aliphatic heterocycles. The minimum Gasteiger partial charge on any atom is -0.309 e. The first kappa shape index (κ1) is 11.4. The number of hydrogen-bond donors (Lipinski definition) is 0. The Hall–Kier alpha value is -0.0800. The summed E-state index contributed by atoms with van der Waals surface area (Å²) < 4.78 is 0. The minimum atomic E-state index is 0.949. The lowest BCUT2D eigenvalue weighted by Gasteiger charge is -2.36. The van der Waals surface area contributed by atoms with Gasteiger partial charge < -0.3 is 9.80 Å². The van der Waals surface area contributed by atoms with Crippen molar-refractivity contribution in [1.29, 1.82) is 0 Å². The molecule has 0 amide bonds. The van der Waals surface area contributed by atoms with Gasteiger partial charge in [-0.1, -0.05) is 12.8 Å². The number of nitrogens with zero attached hydrogens (tertiary/aromatic N) is 2. The highest BCUT2D eigenvalue weighted by molar-refractivity contribution is 4.82. The van der Waals surface area contributed by atoms with Crippen LogP contribution in [0.2, 0.25) is 0 Å². The molecule has 1 aliphatic carbocycles. The predicted molar refractivity (Wildman–Crippen MR) is 65.1 cm³/mol. The molecule has 15 heavy (non-hydrogen) atoms. The van der Waals surface area contributed by atoms with Crippen molar-refractivity contribution < 1.29 is 0 Å². The average molecular weight is 210 g/mol. The molecule has 1 saturated carbocycles. The van der Waals surface area contributed by atoms with E-state index in [-0.39, 0.29) is 0 Å². The third-order valence-electron chi connectivity index (χ3n) is 4.11. The van der Waals surface area contributed by atoms with Gasteiger partial charge in [0.2, 0.25) is 0 Å². The van der Waals surface area contributed by atoms with Crippen molar-refractivity contribution in [3.63, 3.8) is 0 Å². The van der Waals surface area contributed by atoms with Crippen LogP contribution in [0.25, 0.3) is 0 Å². The molecule has 0 radical (unpaired) electrons. The van der Waals surface area contributed by atoms with Crippen LogP contribution >= 0.6 is 0 Å². The SMILES string of the molecule is CN(C)CC1CCN(C2CCCC2)CC1. The third kappa shape index (κ3) is 3.18. The Kier molecular flexibility index (Phi) is 4.04. The summed E-state index contributed by atoms with van der Waals surface area (Å²) in [6.45, 7) is 4.02. The predicted octanol–water partition coefficient (Wildman–Crippen LogP) is 2.20. The summed E-state index contributed by atoms with van der Waals surface area (Å²) in [6.07, 6.45) is 8.74. The fourth-order valence-corrected chi connectivity index (χ4v) is 3.29. The summed E-state index contributed by atoms with van der Waals surface area (Å²) in [7, 11) is 4.40. The normalized spacial score (nSPS) is 26.6. The third-order valence-corrected chi connectivity index (χ3v) is 4.11. The molecule has 0 atom stereocenters. The molecular weight excluding hydrogens is 184 g/mol. The zero-order chi connectivity index (χ0) is 10.7. The number of piperidine rings is 1. The summed E-state index contributed by atoms with van der Waals surface area (Å²) in [5, 5.41) is 0. The second-order valence-electron chi connectivity index (χ2n) is 5.68. The molecule has 0 aromatic rings. The van der Waals surface area contributed by atoms with Crippen LogP contribution in [0.5, 0.6) is 0 Å². The molecule has 0 spiro atoms. The van der Waals surface area contributed by atoms with Crippen LogP contribution in [0, 0.1) is 5.92 Å². The molecule has 1 heterocycles. The lowest BCUT2D eigenvalue weighted by molar-refractivity contribution is 0.122. The molecule has 0 N–H and O–H groups in total. The van der Waals surface area contributed by atoms with Crippen LogP contribution in [-0.4, -0.2) is 49.6 Å².